The molecular weight excluding hydrogens is 232 g/mol. The van der Waals surface area contributed by atoms with E-state index in [1.807, 2.05) is 4.98 Å². The zero-order valence-electron chi connectivity index (χ0n) is 8.97. The summed E-state index contributed by atoms with van der Waals surface area (Å²) in [5.41, 5.74) is -1.97. The van der Waals surface area contributed by atoms with Gasteiger partial charge in [-0.3, -0.25) is 9.78 Å². The molecule has 0 saturated carbocycles. The summed E-state index contributed by atoms with van der Waals surface area (Å²) < 4.78 is 4.48. The third-order valence-electron chi connectivity index (χ3n) is 1.99. The number of H-pyrrole nitrogens is 2. The van der Waals surface area contributed by atoms with Crippen LogP contribution in [0.15, 0.2) is 15.8 Å². The Kier molecular flexibility index (Phi) is 4.18. The van der Waals surface area contributed by atoms with E-state index in [4.69, 9.17) is 0 Å². The molecule has 0 amide bonds. The van der Waals surface area contributed by atoms with Crippen LogP contribution in [0.3, 0.4) is 0 Å². The Morgan fingerprint density at radius 2 is 2.12 bits per heavy atom. The number of rotatable bonds is 4. The number of aromatic nitrogens is 2. The van der Waals surface area contributed by atoms with Crippen molar-refractivity contribution in [2.45, 2.75) is 19.1 Å². The first-order chi connectivity index (χ1) is 7.97. The molecule has 0 bridgehead atoms. The maximum absolute atomic E-state index is 11.3. The van der Waals surface area contributed by atoms with Crippen LogP contribution in [0.1, 0.15) is 18.6 Å². The van der Waals surface area contributed by atoms with E-state index in [-0.39, 0.29) is 12.2 Å². The Bertz CT molecular complexity index is 505. The fourth-order valence-corrected chi connectivity index (χ4v) is 1.17. The standard InChI is InChI=1S/C9H12N2O6/c1-2-17-8(15)6(13)5(12)4-3-10-9(16)11-7(4)14/h3,5-6,12-13H,2H2,1H3,(H2,10,11,14,16). The highest BCUT2D eigenvalue weighted by atomic mass is 16.5. The van der Waals surface area contributed by atoms with Crippen molar-refractivity contribution >= 4 is 5.97 Å². The van der Waals surface area contributed by atoms with Crippen LogP contribution >= 0.6 is 0 Å². The summed E-state index contributed by atoms with van der Waals surface area (Å²) in [6.45, 7) is 1.56. The third-order valence-corrected chi connectivity index (χ3v) is 1.99. The largest absolute Gasteiger partial charge is 0.464 e. The van der Waals surface area contributed by atoms with Gasteiger partial charge in [0.25, 0.3) is 5.56 Å². The van der Waals surface area contributed by atoms with Gasteiger partial charge in [-0.2, -0.15) is 0 Å². The summed E-state index contributed by atoms with van der Waals surface area (Å²) in [7, 11) is 0. The number of aliphatic hydroxyl groups excluding tert-OH is 2. The second-order valence-corrected chi connectivity index (χ2v) is 3.17. The van der Waals surface area contributed by atoms with Gasteiger partial charge in [-0.05, 0) is 6.92 Å². The summed E-state index contributed by atoms with van der Waals surface area (Å²) in [4.78, 5) is 37.1. The molecule has 2 unspecified atom stereocenters. The van der Waals surface area contributed by atoms with Gasteiger partial charge >= 0.3 is 11.7 Å². The maximum atomic E-state index is 11.3. The fourth-order valence-electron chi connectivity index (χ4n) is 1.17. The lowest BCUT2D eigenvalue weighted by atomic mass is 10.1. The van der Waals surface area contributed by atoms with Crippen LogP contribution in [0.5, 0.6) is 0 Å². The molecule has 0 radical (unpaired) electrons. The number of carbonyl (C=O) groups is 1. The van der Waals surface area contributed by atoms with Crippen LogP contribution in [0.25, 0.3) is 0 Å². The minimum absolute atomic E-state index is 0.0323. The molecule has 0 aliphatic carbocycles. The summed E-state index contributed by atoms with van der Waals surface area (Å²) in [6.07, 6.45) is -2.73. The summed E-state index contributed by atoms with van der Waals surface area (Å²) >= 11 is 0. The van der Waals surface area contributed by atoms with Crippen molar-refractivity contribution in [3.63, 3.8) is 0 Å². The molecule has 1 aromatic rings. The van der Waals surface area contributed by atoms with Gasteiger partial charge in [-0.25, -0.2) is 9.59 Å². The first-order valence-electron chi connectivity index (χ1n) is 4.82. The summed E-state index contributed by atoms with van der Waals surface area (Å²) in [6, 6.07) is 0. The fraction of sp³-hybridized carbons (Fsp3) is 0.444. The number of ether oxygens (including phenoxy) is 1. The van der Waals surface area contributed by atoms with Crippen LogP contribution in [0.4, 0.5) is 0 Å². The molecular formula is C9H12N2O6. The van der Waals surface area contributed by atoms with E-state index in [1.54, 1.807) is 0 Å². The first kappa shape index (κ1) is 13.1. The van der Waals surface area contributed by atoms with Crippen LogP contribution in [0.2, 0.25) is 0 Å². The van der Waals surface area contributed by atoms with E-state index in [0.717, 1.165) is 6.20 Å². The zero-order valence-corrected chi connectivity index (χ0v) is 8.97. The lowest BCUT2D eigenvalue weighted by Gasteiger charge is -2.15. The highest BCUT2D eigenvalue weighted by molar-refractivity contribution is 5.75. The van der Waals surface area contributed by atoms with E-state index in [0.29, 0.717) is 0 Å². The SMILES string of the molecule is CCOC(=O)C(O)C(O)c1c[nH]c(=O)[nH]c1=O. The lowest BCUT2D eigenvalue weighted by Crippen LogP contribution is -2.35. The van der Waals surface area contributed by atoms with Gasteiger partial charge in [0, 0.05) is 6.20 Å². The quantitative estimate of drug-likeness (QED) is 0.454. The Morgan fingerprint density at radius 1 is 1.47 bits per heavy atom. The third kappa shape index (κ3) is 3.02. The van der Waals surface area contributed by atoms with Crippen LogP contribution in [-0.4, -0.2) is 38.9 Å². The van der Waals surface area contributed by atoms with Gasteiger partial charge in [0.15, 0.2) is 6.10 Å². The van der Waals surface area contributed by atoms with Crippen molar-refractivity contribution < 1.29 is 19.7 Å². The molecule has 1 rings (SSSR count). The Hall–Kier alpha value is -1.93. The van der Waals surface area contributed by atoms with Crippen molar-refractivity contribution in [1.29, 1.82) is 0 Å². The van der Waals surface area contributed by atoms with Gasteiger partial charge in [0.2, 0.25) is 0 Å². The Balaban J connectivity index is 2.96. The molecule has 8 nitrogen and oxygen atoms in total. The van der Waals surface area contributed by atoms with Crippen LogP contribution < -0.4 is 11.2 Å². The average Bonchev–Trinajstić information content (AvgIpc) is 2.27. The number of hydrogen-bond donors (Lipinski definition) is 4. The van der Waals surface area contributed by atoms with Gasteiger partial charge in [-0.1, -0.05) is 0 Å². The number of aliphatic hydroxyl groups is 2. The molecule has 8 heteroatoms. The molecule has 2 atom stereocenters. The molecule has 0 spiro atoms. The normalized spacial score (nSPS) is 14.1. The van der Waals surface area contributed by atoms with Gasteiger partial charge in [0.05, 0.1) is 12.2 Å². The molecule has 17 heavy (non-hydrogen) atoms. The average molecular weight is 244 g/mol. The van der Waals surface area contributed by atoms with Gasteiger partial charge in [-0.15, -0.1) is 0 Å². The number of hydrogen-bond acceptors (Lipinski definition) is 6. The Labute approximate surface area is 94.9 Å². The summed E-state index contributed by atoms with van der Waals surface area (Å²) in [5.74, 6) is -1.05. The monoisotopic (exact) mass is 244 g/mol. The second-order valence-electron chi connectivity index (χ2n) is 3.17. The number of esters is 1. The first-order valence-corrected chi connectivity index (χ1v) is 4.82. The van der Waals surface area contributed by atoms with Crippen LogP contribution in [-0.2, 0) is 9.53 Å². The Morgan fingerprint density at radius 3 is 2.65 bits per heavy atom. The zero-order chi connectivity index (χ0) is 13.0. The van der Waals surface area contributed by atoms with E-state index >= 15 is 0 Å². The van der Waals surface area contributed by atoms with Gasteiger partial charge < -0.3 is 19.9 Å². The maximum Gasteiger partial charge on any atom is 0.338 e. The molecule has 1 aromatic heterocycles. The predicted octanol–water partition coefficient (Wildman–Crippen LogP) is -1.98. The topological polar surface area (TPSA) is 132 Å². The summed E-state index contributed by atoms with van der Waals surface area (Å²) in [5, 5.41) is 19.0. The van der Waals surface area contributed by atoms with Gasteiger partial charge in [0.1, 0.15) is 6.10 Å². The molecule has 0 aliphatic heterocycles. The van der Waals surface area contributed by atoms with E-state index in [1.165, 1.54) is 6.92 Å². The van der Waals surface area contributed by atoms with E-state index in [9.17, 15) is 24.6 Å². The number of carbonyl (C=O) groups excluding carboxylic acids is 1. The molecule has 0 aromatic carbocycles. The highest BCUT2D eigenvalue weighted by Crippen LogP contribution is 2.12. The molecule has 0 saturated heterocycles. The van der Waals surface area contributed by atoms with Crippen molar-refractivity contribution in [3.05, 3.63) is 32.6 Å². The molecule has 4 N–H and O–H groups in total. The molecule has 1 heterocycles. The smallest absolute Gasteiger partial charge is 0.338 e. The minimum atomic E-state index is -1.89. The molecule has 0 aliphatic rings. The van der Waals surface area contributed by atoms with Crippen molar-refractivity contribution in [2.24, 2.45) is 0 Å². The highest BCUT2D eigenvalue weighted by Gasteiger charge is 2.28. The predicted molar refractivity (Wildman–Crippen MR) is 55.3 cm³/mol. The lowest BCUT2D eigenvalue weighted by molar-refractivity contribution is -0.159. The molecule has 0 fully saturated rings. The van der Waals surface area contributed by atoms with Crippen molar-refractivity contribution in [3.8, 4) is 0 Å². The molecule has 94 valence electrons. The number of aromatic amines is 2. The van der Waals surface area contributed by atoms with E-state index < -0.39 is 29.4 Å². The minimum Gasteiger partial charge on any atom is -0.464 e. The van der Waals surface area contributed by atoms with Crippen molar-refractivity contribution in [2.75, 3.05) is 6.61 Å². The van der Waals surface area contributed by atoms with Crippen LogP contribution in [0, 0.1) is 0 Å². The second kappa shape index (κ2) is 5.41. The number of nitrogens with one attached hydrogen (secondary N) is 2. The van der Waals surface area contributed by atoms with E-state index in [2.05, 4.69) is 9.72 Å². The van der Waals surface area contributed by atoms with Crippen molar-refractivity contribution in [1.82, 2.24) is 9.97 Å².